The number of sulfone groups is 1. The summed E-state index contributed by atoms with van der Waals surface area (Å²) in [5, 5.41) is 0. The predicted octanol–water partition coefficient (Wildman–Crippen LogP) is 3.84. The third-order valence-electron chi connectivity index (χ3n) is 3.57. The van der Waals surface area contributed by atoms with Crippen molar-refractivity contribution in [1.29, 1.82) is 0 Å². The fraction of sp³-hybridized carbons (Fsp3) is 0.125. The first-order valence-corrected chi connectivity index (χ1v) is 9.14. The molecule has 1 N–H and O–H groups in total. The van der Waals surface area contributed by atoms with Gasteiger partial charge in [0.1, 0.15) is 16.5 Å². The number of benzene rings is 1. The van der Waals surface area contributed by atoms with Crippen molar-refractivity contribution in [3.63, 3.8) is 0 Å². The number of alkyl halides is 3. The van der Waals surface area contributed by atoms with Crippen molar-refractivity contribution >= 4 is 9.84 Å². The molecule has 0 saturated heterocycles. The Bertz CT molecular complexity index is 1090. The lowest BCUT2D eigenvalue weighted by Crippen LogP contribution is -2.07. The molecule has 0 bridgehead atoms. The summed E-state index contributed by atoms with van der Waals surface area (Å²) in [5.41, 5.74) is -0.721. The first-order valence-electron chi connectivity index (χ1n) is 7.25. The van der Waals surface area contributed by atoms with Gasteiger partial charge in [0.25, 0.3) is 0 Å². The van der Waals surface area contributed by atoms with Gasteiger partial charge in [0.2, 0.25) is 5.82 Å². The van der Waals surface area contributed by atoms with Crippen molar-refractivity contribution in [1.82, 2.24) is 15.0 Å². The molecule has 0 atom stereocenters. The summed E-state index contributed by atoms with van der Waals surface area (Å²) < 4.78 is 90.5. The van der Waals surface area contributed by atoms with E-state index >= 15 is 0 Å². The highest BCUT2D eigenvalue weighted by Gasteiger charge is 2.36. The number of hydrogen-bond donors (Lipinski definition) is 1. The Balaban J connectivity index is 2.27. The standard InChI is InChI=1S/C16H10F5N3O2S/c1-27(25,26)14-10(17)5-9(6-11(14)18)13-12(8-3-2-4-22-7-8)23-15(24-13)16(19,20)21/h2-7H,1H3,(H,23,24). The molecule has 0 radical (unpaired) electrons. The maximum atomic E-state index is 14.2. The van der Waals surface area contributed by atoms with Crippen LogP contribution in [0.4, 0.5) is 22.0 Å². The highest BCUT2D eigenvalue weighted by atomic mass is 32.2. The summed E-state index contributed by atoms with van der Waals surface area (Å²) in [6, 6.07) is 4.13. The largest absolute Gasteiger partial charge is 0.449 e. The molecule has 5 nitrogen and oxygen atoms in total. The number of halogens is 5. The van der Waals surface area contributed by atoms with E-state index in [1.54, 1.807) is 0 Å². The van der Waals surface area contributed by atoms with E-state index in [1.165, 1.54) is 24.5 Å². The maximum Gasteiger partial charge on any atom is 0.449 e. The summed E-state index contributed by atoms with van der Waals surface area (Å²) in [5.74, 6) is -4.23. The minimum Gasteiger partial charge on any atom is -0.334 e. The number of rotatable bonds is 3. The molecule has 1 aromatic carbocycles. The number of nitrogens with one attached hydrogen (secondary N) is 1. The highest BCUT2D eigenvalue weighted by molar-refractivity contribution is 7.90. The summed E-state index contributed by atoms with van der Waals surface area (Å²) >= 11 is 0. The molecule has 0 aliphatic heterocycles. The molecule has 0 saturated carbocycles. The van der Waals surface area contributed by atoms with Crippen molar-refractivity contribution in [2.75, 3.05) is 6.26 Å². The van der Waals surface area contributed by atoms with Gasteiger partial charge in [0, 0.05) is 29.8 Å². The van der Waals surface area contributed by atoms with E-state index in [9.17, 15) is 30.4 Å². The Morgan fingerprint density at radius 3 is 2.19 bits per heavy atom. The Labute approximate surface area is 149 Å². The number of imidazole rings is 1. The quantitative estimate of drug-likeness (QED) is 0.675. The molecule has 0 aliphatic rings. The lowest BCUT2D eigenvalue weighted by atomic mass is 10.1. The zero-order valence-electron chi connectivity index (χ0n) is 13.5. The first-order chi connectivity index (χ1) is 12.5. The van der Waals surface area contributed by atoms with Crippen LogP contribution in [-0.2, 0) is 16.0 Å². The van der Waals surface area contributed by atoms with E-state index in [1.807, 2.05) is 0 Å². The van der Waals surface area contributed by atoms with Crippen LogP contribution in [0.15, 0.2) is 41.6 Å². The van der Waals surface area contributed by atoms with Gasteiger partial charge >= 0.3 is 6.18 Å². The van der Waals surface area contributed by atoms with E-state index in [2.05, 4.69) is 15.0 Å². The van der Waals surface area contributed by atoms with Crippen LogP contribution < -0.4 is 0 Å². The number of aromatic amines is 1. The molecule has 142 valence electrons. The van der Waals surface area contributed by atoms with Gasteiger partial charge in [0.15, 0.2) is 9.84 Å². The van der Waals surface area contributed by atoms with Gasteiger partial charge in [-0.25, -0.2) is 22.2 Å². The van der Waals surface area contributed by atoms with Crippen LogP contribution >= 0.6 is 0 Å². The summed E-state index contributed by atoms with van der Waals surface area (Å²) in [4.78, 5) is 8.12. The van der Waals surface area contributed by atoms with Crippen molar-refractivity contribution in [3.8, 4) is 22.5 Å². The van der Waals surface area contributed by atoms with Crippen LogP contribution in [0, 0.1) is 11.6 Å². The number of aromatic nitrogens is 3. The van der Waals surface area contributed by atoms with E-state index in [0.29, 0.717) is 18.4 Å². The number of nitrogens with zero attached hydrogens (tertiary/aromatic N) is 2. The van der Waals surface area contributed by atoms with Gasteiger partial charge in [0.05, 0.1) is 11.4 Å². The smallest absolute Gasteiger partial charge is 0.334 e. The van der Waals surface area contributed by atoms with Crippen LogP contribution in [0.2, 0.25) is 0 Å². The van der Waals surface area contributed by atoms with E-state index in [4.69, 9.17) is 0 Å². The average Bonchev–Trinajstić information content (AvgIpc) is 2.99. The fourth-order valence-corrected chi connectivity index (χ4v) is 3.31. The summed E-state index contributed by atoms with van der Waals surface area (Å²) in [7, 11) is -4.21. The van der Waals surface area contributed by atoms with Crippen LogP contribution in [0.1, 0.15) is 5.82 Å². The number of H-pyrrole nitrogens is 1. The first kappa shape index (κ1) is 19.0. The van der Waals surface area contributed by atoms with Crippen LogP contribution in [0.5, 0.6) is 0 Å². The Hall–Kier alpha value is -2.82. The van der Waals surface area contributed by atoms with Crippen molar-refractivity contribution in [2.24, 2.45) is 0 Å². The zero-order valence-corrected chi connectivity index (χ0v) is 14.3. The molecule has 2 heterocycles. The van der Waals surface area contributed by atoms with E-state index in [0.717, 1.165) is 0 Å². The minimum absolute atomic E-state index is 0.165. The zero-order chi connectivity index (χ0) is 20.0. The molecule has 3 aromatic rings. The van der Waals surface area contributed by atoms with Crippen molar-refractivity contribution in [2.45, 2.75) is 11.1 Å². The van der Waals surface area contributed by atoms with Crippen LogP contribution in [0.3, 0.4) is 0 Å². The molecule has 2 aromatic heterocycles. The van der Waals surface area contributed by atoms with E-state index in [-0.39, 0.29) is 16.8 Å². The van der Waals surface area contributed by atoms with Crippen LogP contribution in [0.25, 0.3) is 22.5 Å². The molecule has 0 unspecified atom stereocenters. The second-order valence-electron chi connectivity index (χ2n) is 5.59. The van der Waals surface area contributed by atoms with Crippen molar-refractivity contribution in [3.05, 3.63) is 54.1 Å². The molecule has 0 aliphatic carbocycles. The fourth-order valence-electron chi connectivity index (χ4n) is 2.49. The topological polar surface area (TPSA) is 75.7 Å². The molecule has 11 heteroatoms. The normalized spacial score (nSPS) is 12.4. The SMILES string of the molecule is CS(=O)(=O)c1c(F)cc(-c2nc(C(F)(F)F)[nH]c2-c2cccnc2)cc1F. The maximum absolute atomic E-state index is 14.2. The molecular weight excluding hydrogens is 393 g/mol. The summed E-state index contributed by atoms with van der Waals surface area (Å²) in [6.07, 6.45) is -1.58. The Morgan fingerprint density at radius 2 is 1.70 bits per heavy atom. The molecule has 27 heavy (non-hydrogen) atoms. The third kappa shape index (κ3) is 3.68. The van der Waals surface area contributed by atoms with Gasteiger partial charge in [-0.05, 0) is 24.3 Å². The lowest BCUT2D eigenvalue weighted by Gasteiger charge is -2.07. The van der Waals surface area contributed by atoms with Gasteiger partial charge in [-0.1, -0.05) is 0 Å². The molecule has 0 fully saturated rings. The second kappa shape index (κ2) is 6.41. The molecule has 0 spiro atoms. The number of pyridine rings is 1. The lowest BCUT2D eigenvalue weighted by molar-refractivity contribution is -0.144. The Kier molecular flexibility index (Phi) is 4.50. The highest BCUT2D eigenvalue weighted by Crippen LogP contribution is 2.36. The monoisotopic (exact) mass is 403 g/mol. The van der Waals surface area contributed by atoms with Gasteiger partial charge in [-0.3, -0.25) is 4.98 Å². The van der Waals surface area contributed by atoms with Gasteiger partial charge in [-0.15, -0.1) is 0 Å². The molecule has 3 rings (SSSR count). The second-order valence-corrected chi connectivity index (χ2v) is 7.54. The van der Waals surface area contributed by atoms with Crippen molar-refractivity contribution < 1.29 is 30.4 Å². The minimum atomic E-state index is -4.83. The predicted molar refractivity (Wildman–Crippen MR) is 85.3 cm³/mol. The van der Waals surface area contributed by atoms with E-state index < -0.39 is 44.1 Å². The average molecular weight is 403 g/mol. The molecular formula is C16H10F5N3O2S. The van der Waals surface area contributed by atoms with Gasteiger partial charge < -0.3 is 4.98 Å². The van der Waals surface area contributed by atoms with Crippen LogP contribution in [-0.4, -0.2) is 29.6 Å². The molecule has 0 amide bonds. The van der Waals surface area contributed by atoms with Gasteiger partial charge in [-0.2, -0.15) is 13.2 Å². The summed E-state index contributed by atoms with van der Waals surface area (Å²) in [6.45, 7) is 0. The Morgan fingerprint density at radius 1 is 1.07 bits per heavy atom. The number of hydrogen-bond acceptors (Lipinski definition) is 4. The third-order valence-corrected chi connectivity index (χ3v) is 4.70.